The topological polar surface area (TPSA) is 50.7 Å². The Morgan fingerprint density at radius 2 is 1.86 bits per heavy atom. The Bertz CT molecular complexity index is 975. The molecule has 0 radical (unpaired) electrons. The van der Waals surface area contributed by atoms with Crippen LogP contribution in [0.2, 0.25) is 0 Å². The van der Waals surface area contributed by atoms with Crippen molar-refractivity contribution in [3.05, 3.63) is 95.7 Å². The molecule has 1 N–H and O–H groups in total. The van der Waals surface area contributed by atoms with E-state index < -0.39 is 6.09 Å². The number of carbonyl (C=O) groups excluding carboxylic acids is 1. The lowest BCUT2D eigenvalue weighted by Gasteiger charge is -2.07. The minimum absolute atomic E-state index is 0.610. The minimum atomic E-state index is -0.610. The summed E-state index contributed by atoms with van der Waals surface area (Å²) in [5.41, 5.74) is 3.49. The molecule has 0 atom stereocenters. The third-order valence-corrected chi connectivity index (χ3v) is 5.29. The smallest absolute Gasteiger partial charge is 0.298 e. The fourth-order valence-corrected chi connectivity index (χ4v) is 3.59. The lowest BCUT2D eigenvalue weighted by atomic mass is 10.1. The zero-order chi connectivity index (χ0) is 20.5. The van der Waals surface area contributed by atoms with Crippen molar-refractivity contribution in [2.75, 3.05) is 0 Å². The van der Waals surface area contributed by atoms with Crippen molar-refractivity contribution in [3.8, 4) is 0 Å². The molecule has 0 spiro atoms. The zero-order valence-electron chi connectivity index (χ0n) is 16.6. The predicted molar refractivity (Wildman–Crippen MR) is 119 cm³/mol. The van der Waals surface area contributed by atoms with E-state index in [4.69, 9.17) is 4.84 Å². The molecule has 1 aliphatic rings. The Balaban J connectivity index is 1.62. The monoisotopic (exact) mass is 404 g/mol. The third-order valence-electron chi connectivity index (χ3n) is 4.29. The summed E-state index contributed by atoms with van der Waals surface area (Å²) in [5, 5.41) is 6.71. The maximum Gasteiger partial charge on any atom is 0.437 e. The van der Waals surface area contributed by atoms with Crippen molar-refractivity contribution in [1.29, 1.82) is 0 Å². The summed E-state index contributed by atoms with van der Waals surface area (Å²) >= 11 is 1.68. The number of nitrogens with one attached hydrogen (secondary N) is 1. The van der Waals surface area contributed by atoms with Gasteiger partial charge in [-0.25, -0.2) is 4.79 Å². The van der Waals surface area contributed by atoms with E-state index >= 15 is 0 Å². The van der Waals surface area contributed by atoms with Crippen LogP contribution < -0.4 is 5.32 Å². The molecule has 0 aromatic heterocycles. The first kappa shape index (κ1) is 20.7. The van der Waals surface area contributed by atoms with Gasteiger partial charge in [0.05, 0.1) is 5.71 Å². The molecule has 0 unspecified atom stereocenters. The Labute approximate surface area is 176 Å². The van der Waals surface area contributed by atoms with Crippen molar-refractivity contribution < 1.29 is 9.63 Å². The number of benzene rings is 2. The van der Waals surface area contributed by atoms with Crippen molar-refractivity contribution in [2.24, 2.45) is 5.16 Å². The van der Waals surface area contributed by atoms with Gasteiger partial charge in [-0.1, -0.05) is 65.0 Å². The van der Waals surface area contributed by atoms with Crippen LogP contribution in [-0.4, -0.2) is 11.8 Å². The average molecular weight is 405 g/mol. The van der Waals surface area contributed by atoms with E-state index in [0.29, 0.717) is 11.4 Å². The first-order valence-corrected chi connectivity index (χ1v) is 10.3. The average Bonchev–Trinajstić information content (AvgIpc) is 2.72. The largest absolute Gasteiger partial charge is 0.437 e. The van der Waals surface area contributed by atoms with Crippen molar-refractivity contribution in [2.45, 2.75) is 36.5 Å². The van der Waals surface area contributed by atoms with E-state index in [9.17, 15) is 4.79 Å². The van der Waals surface area contributed by atoms with Gasteiger partial charge < -0.3 is 0 Å². The van der Waals surface area contributed by atoms with Crippen molar-refractivity contribution in [1.82, 2.24) is 5.32 Å². The highest BCUT2D eigenvalue weighted by Gasteiger charge is 2.06. The summed E-state index contributed by atoms with van der Waals surface area (Å²) in [6.45, 7) is 3.89. The van der Waals surface area contributed by atoms with Crippen LogP contribution in [0.3, 0.4) is 0 Å². The number of rotatable bonds is 5. The lowest BCUT2D eigenvalue weighted by molar-refractivity contribution is 0.154. The zero-order valence-corrected chi connectivity index (χ0v) is 17.4. The molecule has 3 rings (SSSR count). The summed E-state index contributed by atoms with van der Waals surface area (Å²) in [5.74, 6) is 0. The minimum Gasteiger partial charge on any atom is -0.298 e. The number of nitrogens with zero attached hydrogens (tertiary/aromatic N) is 1. The number of oxime groups is 1. The second kappa shape index (κ2) is 10.5. The molecule has 0 fully saturated rings. The van der Waals surface area contributed by atoms with Gasteiger partial charge in [0.2, 0.25) is 0 Å². The molecular formula is C24H24N2O2S. The normalized spacial score (nSPS) is 14.3. The summed E-state index contributed by atoms with van der Waals surface area (Å²) < 4.78 is 0. The summed E-state index contributed by atoms with van der Waals surface area (Å²) in [6, 6.07) is 18.2. The molecule has 0 saturated carbocycles. The standard InChI is InChI=1S/C24H24N2O2S/c1-18-9-6-7-11-21(16-15-18)25-24(27)28-26-19(2)20-10-8-14-23(17-20)29-22-12-4-3-5-13-22/h3-5,7-8,10-17H,6,9H2,1-2H3,(H,25,27)/b11-7?,18-15?,21-16?,26-19+. The van der Waals surface area contributed by atoms with Gasteiger partial charge >= 0.3 is 6.09 Å². The lowest BCUT2D eigenvalue weighted by Crippen LogP contribution is -2.21. The number of allylic oxidation sites excluding steroid dienone is 5. The number of hydrogen-bond donors (Lipinski definition) is 1. The predicted octanol–water partition coefficient (Wildman–Crippen LogP) is 6.47. The van der Waals surface area contributed by atoms with Crippen LogP contribution in [0.25, 0.3) is 0 Å². The van der Waals surface area contributed by atoms with Gasteiger partial charge in [0.15, 0.2) is 0 Å². The molecule has 0 saturated heterocycles. The van der Waals surface area contributed by atoms with E-state index in [1.54, 1.807) is 11.8 Å². The van der Waals surface area contributed by atoms with E-state index in [1.165, 1.54) is 10.5 Å². The van der Waals surface area contributed by atoms with Crippen LogP contribution in [0, 0.1) is 0 Å². The van der Waals surface area contributed by atoms with Gasteiger partial charge in [0, 0.05) is 21.1 Å². The molecule has 1 aliphatic carbocycles. The molecule has 5 heteroatoms. The number of carbonyl (C=O) groups is 1. The first-order chi connectivity index (χ1) is 14.1. The van der Waals surface area contributed by atoms with E-state index in [-0.39, 0.29) is 0 Å². The van der Waals surface area contributed by atoms with Crippen LogP contribution in [0.15, 0.2) is 105 Å². The number of amides is 1. The Kier molecular flexibility index (Phi) is 7.47. The molecule has 4 nitrogen and oxygen atoms in total. The molecule has 148 valence electrons. The second-order valence-electron chi connectivity index (χ2n) is 6.70. The van der Waals surface area contributed by atoms with E-state index in [0.717, 1.165) is 23.3 Å². The molecular weight excluding hydrogens is 380 g/mol. The van der Waals surface area contributed by atoms with Gasteiger partial charge in [-0.05, 0) is 63.1 Å². The summed E-state index contributed by atoms with van der Waals surface area (Å²) in [6.07, 6.45) is 9.15. The van der Waals surface area contributed by atoms with Gasteiger partial charge in [-0.2, -0.15) is 0 Å². The highest BCUT2D eigenvalue weighted by Crippen LogP contribution is 2.27. The molecule has 2 aromatic carbocycles. The van der Waals surface area contributed by atoms with Gasteiger partial charge in [-0.3, -0.25) is 10.2 Å². The van der Waals surface area contributed by atoms with Crippen molar-refractivity contribution >= 4 is 23.6 Å². The quantitative estimate of drug-likeness (QED) is 0.353. The molecule has 0 aliphatic heterocycles. The van der Waals surface area contributed by atoms with Gasteiger partial charge in [0.25, 0.3) is 0 Å². The summed E-state index contributed by atoms with van der Waals surface area (Å²) in [4.78, 5) is 19.4. The molecule has 2 aromatic rings. The van der Waals surface area contributed by atoms with Crippen LogP contribution in [0.5, 0.6) is 0 Å². The fourth-order valence-electron chi connectivity index (χ4n) is 2.69. The Morgan fingerprint density at radius 3 is 2.69 bits per heavy atom. The molecule has 29 heavy (non-hydrogen) atoms. The van der Waals surface area contributed by atoms with Gasteiger partial charge in [0.1, 0.15) is 0 Å². The van der Waals surface area contributed by atoms with Crippen LogP contribution >= 0.6 is 11.8 Å². The molecule has 1 amide bonds. The second-order valence-corrected chi connectivity index (χ2v) is 7.85. The SMILES string of the molecule is CC1=CC=C(NC(=O)O/N=C(\C)c2cccc(Sc3ccccc3)c2)C=CCC1. The van der Waals surface area contributed by atoms with Crippen LogP contribution in [-0.2, 0) is 4.84 Å². The van der Waals surface area contributed by atoms with Crippen LogP contribution in [0.4, 0.5) is 4.79 Å². The van der Waals surface area contributed by atoms with E-state index in [2.05, 4.69) is 29.5 Å². The molecule has 0 heterocycles. The van der Waals surface area contributed by atoms with Gasteiger partial charge in [-0.15, -0.1) is 0 Å². The van der Waals surface area contributed by atoms with Crippen molar-refractivity contribution in [3.63, 3.8) is 0 Å². The maximum atomic E-state index is 12.1. The van der Waals surface area contributed by atoms with Crippen LogP contribution in [0.1, 0.15) is 32.3 Å². The highest BCUT2D eigenvalue weighted by atomic mass is 32.2. The first-order valence-electron chi connectivity index (χ1n) is 9.50. The fraction of sp³-hybridized carbons (Fsp3) is 0.167. The Morgan fingerprint density at radius 1 is 1.07 bits per heavy atom. The van der Waals surface area contributed by atoms with E-state index in [1.807, 2.05) is 73.7 Å². The molecule has 0 bridgehead atoms. The maximum absolute atomic E-state index is 12.1. The summed E-state index contributed by atoms with van der Waals surface area (Å²) in [7, 11) is 0. The number of hydrogen-bond acceptors (Lipinski definition) is 4. The Hall–Kier alpha value is -3.05. The highest BCUT2D eigenvalue weighted by molar-refractivity contribution is 7.99. The third kappa shape index (κ3) is 6.80.